The lowest BCUT2D eigenvalue weighted by molar-refractivity contribution is -0.144. The van der Waals surface area contributed by atoms with E-state index in [-0.39, 0.29) is 31.4 Å². The molecule has 1 heterocycles. The maximum atomic E-state index is 13.1. The normalized spacial score (nSPS) is 12.5. The van der Waals surface area contributed by atoms with E-state index in [0.29, 0.717) is 25.4 Å². The number of hydrogen-bond donors (Lipinski definition) is 2. The van der Waals surface area contributed by atoms with Gasteiger partial charge in [0.1, 0.15) is 0 Å². The van der Waals surface area contributed by atoms with Crippen LogP contribution in [0.15, 0.2) is 164 Å². The number of hydrogen-bond acceptors (Lipinski definition) is 7. The van der Waals surface area contributed by atoms with E-state index >= 15 is 0 Å². The Kier molecular flexibility index (Phi) is 16.1. The number of amides is 1. The number of carbonyl (C=O) groups is 2. The molecule has 6 rings (SSSR count). The van der Waals surface area contributed by atoms with Crippen molar-refractivity contribution in [2.24, 2.45) is 0 Å². The Balaban J connectivity index is 1.03. The fraction of sp³-hybridized carbons (Fsp3) is 0.275. The zero-order valence-electron chi connectivity index (χ0n) is 35.0. The molecule has 5 aromatic carbocycles. The maximum Gasteiger partial charge on any atom is 0.320 e. The minimum absolute atomic E-state index is 0.0516. The number of allylic oxidation sites excluding steroid dienone is 1. The summed E-state index contributed by atoms with van der Waals surface area (Å²) in [6, 6.07) is 53.0. The minimum atomic E-state index is -1.34. The van der Waals surface area contributed by atoms with E-state index in [2.05, 4.69) is 127 Å². The van der Waals surface area contributed by atoms with Crippen LogP contribution in [-0.4, -0.2) is 59.9 Å². The van der Waals surface area contributed by atoms with Crippen molar-refractivity contribution in [3.8, 4) is 0 Å². The van der Waals surface area contributed by atoms with Crippen molar-refractivity contribution < 1.29 is 19.4 Å². The number of pyridine rings is 1. The number of rotatable bonds is 21. The van der Waals surface area contributed by atoms with Crippen molar-refractivity contribution >= 4 is 42.5 Å². The van der Waals surface area contributed by atoms with Crippen LogP contribution in [-0.2, 0) is 38.7 Å². The molecule has 1 amide bonds. The van der Waals surface area contributed by atoms with Crippen LogP contribution in [0, 0.1) is 0 Å². The van der Waals surface area contributed by atoms with Crippen LogP contribution in [0.2, 0.25) is 25.7 Å². The number of benzene rings is 5. The van der Waals surface area contributed by atoms with Crippen LogP contribution >= 0.6 is 11.8 Å². The van der Waals surface area contributed by atoms with Crippen LogP contribution in [0.25, 0.3) is 10.8 Å². The van der Waals surface area contributed by atoms with Gasteiger partial charge in [-0.1, -0.05) is 171 Å². The van der Waals surface area contributed by atoms with Crippen molar-refractivity contribution in [1.82, 2.24) is 15.2 Å². The van der Waals surface area contributed by atoms with Crippen LogP contribution < -0.4 is 5.32 Å². The predicted octanol–water partition coefficient (Wildman–Crippen LogP) is 10.2. The fourth-order valence-corrected chi connectivity index (χ4v) is 9.49. The van der Waals surface area contributed by atoms with Gasteiger partial charge in [0.25, 0.3) is 0 Å². The van der Waals surface area contributed by atoms with Gasteiger partial charge in [-0.15, -0.1) is 11.8 Å². The molecule has 9 heteroatoms. The van der Waals surface area contributed by atoms with Gasteiger partial charge in [0.05, 0.1) is 48.4 Å². The zero-order valence-corrected chi connectivity index (χ0v) is 36.8. The number of thioether (sulfide) groups is 1. The largest absolute Gasteiger partial charge is 0.465 e. The molecule has 60 heavy (non-hydrogen) atoms. The lowest BCUT2D eigenvalue weighted by Crippen LogP contribution is -2.32. The van der Waals surface area contributed by atoms with Gasteiger partial charge in [0.15, 0.2) is 0 Å². The summed E-state index contributed by atoms with van der Waals surface area (Å²) in [5.41, 5.74) is 6.23. The Morgan fingerprint density at radius 1 is 0.767 bits per heavy atom. The highest BCUT2D eigenvalue weighted by Gasteiger charge is 2.36. The fourth-order valence-electron chi connectivity index (χ4n) is 7.30. The lowest BCUT2D eigenvalue weighted by atomic mass is 9.84. The average molecular weight is 836 g/mol. The van der Waals surface area contributed by atoms with Gasteiger partial charge in [-0.25, -0.2) is 0 Å². The van der Waals surface area contributed by atoms with Crippen molar-refractivity contribution in [2.45, 2.75) is 69.0 Å². The quantitative estimate of drug-likeness (QED) is 0.0245. The standard InChI is InChI=1S/C51H57N3O4SSi/c1-60(2,3)34-32-58-50(57)39-54(37-41-21-17-20-40-19-13-14-31-48(40)41)38-46-29-18-28-45(53-46)36-52-49(56)35-47(55)30-15-16-33-59-51(42-22-7-4-8-23-42,43-24-9-5-10-25-43)44-26-11-6-12-27-44/h4-15,17-31,47,55H,16,32-39H2,1-3H3,(H,52,56)/t47-/m1/s1. The second kappa shape index (κ2) is 21.8. The van der Waals surface area contributed by atoms with Gasteiger partial charge < -0.3 is 15.2 Å². The molecule has 0 aliphatic rings. The smallest absolute Gasteiger partial charge is 0.320 e. The molecule has 0 spiro atoms. The summed E-state index contributed by atoms with van der Waals surface area (Å²) >= 11 is 1.87. The predicted molar refractivity (Wildman–Crippen MR) is 249 cm³/mol. The first-order valence-corrected chi connectivity index (χ1v) is 25.5. The Morgan fingerprint density at radius 2 is 1.35 bits per heavy atom. The summed E-state index contributed by atoms with van der Waals surface area (Å²) in [6.07, 6.45) is 3.44. The first-order valence-electron chi connectivity index (χ1n) is 20.8. The van der Waals surface area contributed by atoms with E-state index in [1.807, 2.05) is 72.4 Å². The lowest BCUT2D eigenvalue weighted by Gasteiger charge is -2.35. The maximum absolute atomic E-state index is 13.1. The Morgan fingerprint density at radius 3 is 2.00 bits per heavy atom. The van der Waals surface area contributed by atoms with E-state index in [1.165, 1.54) is 16.7 Å². The molecule has 0 fully saturated rings. The number of carbonyl (C=O) groups excluding carboxylic acids is 2. The summed E-state index contributed by atoms with van der Waals surface area (Å²) in [5.74, 6) is 0.293. The summed E-state index contributed by atoms with van der Waals surface area (Å²) in [6.45, 7) is 8.58. The summed E-state index contributed by atoms with van der Waals surface area (Å²) in [4.78, 5) is 32.9. The van der Waals surface area contributed by atoms with Crippen LogP contribution in [0.1, 0.15) is 46.5 Å². The highest BCUT2D eigenvalue weighted by molar-refractivity contribution is 8.00. The first-order chi connectivity index (χ1) is 29.1. The number of esters is 1. The summed E-state index contributed by atoms with van der Waals surface area (Å²) < 4.78 is 5.28. The zero-order chi connectivity index (χ0) is 42.2. The third kappa shape index (κ3) is 12.8. The number of nitrogens with one attached hydrogen (secondary N) is 1. The number of nitrogens with zero attached hydrogens (tertiary/aromatic N) is 2. The molecule has 0 saturated heterocycles. The number of aliphatic hydroxyl groups excluding tert-OH is 1. The topological polar surface area (TPSA) is 91.8 Å². The first kappa shape index (κ1) is 44.2. The molecular formula is C51H57N3O4SSi. The van der Waals surface area contributed by atoms with E-state index in [0.717, 1.165) is 40.2 Å². The Bertz CT molecular complexity index is 2200. The molecule has 0 bridgehead atoms. The number of fused-ring (bicyclic) bond motifs is 1. The molecule has 0 radical (unpaired) electrons. The summed E-state index contributed by atoms with van der Waals surface area (Å²) in [5, 5.41) is 16.0. The van der Waals surface area contributed by atoms with E-state index in [9.17, 15) is 14.7 Å². The van der Waals surface area contributed by atoms with Crippen LogP contribution in [0.5, 0.6) is 0 Å². The molecule has 0 aliphatic heterocycles. The second-order valence-corrected chi connectivity index (χ2v) is 23.3. The van der Waals surface area contributed by atoms with Gasteiger partial charge in [0.2, 0.25) is 5.91 Å². The molecule has 6 aromatic rings. The van der Waals surface area contributed by atoms with Crippen molar-refractivity contribution in [2.75, 3.05) is 18.9 Å². The molecular weight excluding hydrogens is 779 g/mol. The van der Waals surface area contributed by atoms with Crippen molar-refractivity contribution in [3.05, 3.63) is 197 Å². The molecule has 310 valence electrons. The van der Waals surface area contributed by atoms with Gasteiger partial charge >= 0.3 is 5.97 Å². The molecule has 1 aromatic heterocycles. The van der Waals surface area contributed by atoms with Crippen molar-refractivity contribution in [3.63, 3.8) is 0 Å². The second-order valence-electron chi connectivity index (χ2n) is 16.3. The number of aromatic nitrogens is 1. The Hall–Kier alpha value is -5.32. The molecule has 2 N–H and O–H groups in total. The van der Waals surface area contributed by atoms with Crippen LogP contribution in [0.3, 0.4) is 0 Å². The molecule has 7 nitrogen and oxygen atoms in total. The highest BCUT2D eigenvalue weighted by Crippen LogP contribution is 2.48. The van der Waals surface area contributed by atoms with E-state index in [1.54, 1.807) is 6.08 Å². The monoisotopic (exact) mass is 835 g/mol. The average Bonchev–Trinajstić information content (AvgIpc) is 3.25. The minimum Gasteiger partial charge on any atom is -0.465 e. The van der Waals surface area contributed by atoms with Gasteiger partial charge in [-0.3, -0.25) is 19.5 Å². The van der Waals surface area contributed by atoms with Gasteiger partial charge in [-0.05, 0) is 63.4 Å². The molecule has 1 atom stereocenters. The van der Waals surface area contributed by atoms with Crippen molar-refractivity contribution in [1.29, 1.82) is 0 Å². The SMILES string of the molecule is C[Si](C)(C)CCOC(=O)CN(Cc1cccc(CNC(=O)C[C@H](O)C=CCCSC(c2ccccc2)(c2ccccc2)c2ccccc2)n1)Cc1cccc2ccccc12. The third-order valence-electron chi connectivity index (χ3n) is 10.4. The van der Waals surface area contributed by atoms with E-state index < -0.39 is 18.9 Å². The molecule has 0 unspecified atom stereocenters. The third-order valence-corrected chi connectivity index (χ3v) is 13.6. The van der Waals surface area contributed by atoms with E-state index in [4.69, 9.17) is 9.72 Å². The number of aliphatic hydroxyl groups is 1. The number of ether oxygens (including phenoxy) is 1. The van der Waals surface area contributed by atoms with Gasteiger partial charge in [-0.2, -0.15) is 0 Å². The molecule has 0 saturated carbocycles. The van der Waals surface area contributed by atoms with Crippen LogP contribution in [0.4, 0.5) is 0 Å². The summed E-state index contributed by atoms with van der Waals surface area (Å²) in [7, 11) is -1.34. The molecule has 0 aliphatic carbocycles. The van der Waals surface area contributed by atoms with Gasteiger partial charge in [0, 0.05) is 21.2 Å². The Labute approximate surface area is 360 Å². The highest BCUT2D eigenvalue weighted by atomic mass is 32.2.